The maximum Gasteiger partial charge on any atom is 0.261 e. The predicted octanol–water partition coefficient (Wildman–Crippen LogP) is 3.50. The topological polar surface area (TPSA) is 66.8 Å². The second-order valence-electron chi connectivity index (χ2n) is 9.04. The quantitative estimate of drug-likeness (QED) is 0.627. The van der Waals surface area contributed by atoms with Crippen LogP contribution in [0.3, 0.4) is 0 Å². The summed E-state index contributed by atoms with van der Waals surface area (Å²) in [6.45, 7) is 2.80. The number of benzene rings is 2. The molecule has 0 radical (unpaired) electrons. The van der Waals surface area contributed by atoms with Crippen molar-refractivity contribution in [1.82, 2.24) is 14.4 Å². The number of fused-ring (bicyclic) bond motifs is 5. The smallest absolute Gasteiger partial charge is 0.261 e. The molecule has 6 rings (SSSR count). The van der Waals surface area contributed by atoms with Crippen molar-refractivity contribution in [3.05, 3.63) is 77.6 Å². The maximum absolute atomic E-state index is 12.8. The van der Waals surface area contributed by atoms with E-state index in [1.807, 2.05) is 6.07 Å². The molecule has 1 fully saturated rings. The van der Waals surface area contributed by atoms with Crippen molar-refractivity contribution in [2.24, 2.45) is 0 Å². The summed E-state index contributed by atoms with van der Waals surface area (Å²) in [5, 5.41) is 3.83. The third kappa shape index (κ3) is 3.07. The number of aromatic nitrogens is 1. The molecule has 2 amide bonds. The minimum atomic E-state index is -0.233. The highest BCUT2D eigenvalue weighted by Gasteiger charge is 2.43. The minimum absolute atomic E-state index is 0.187. The summed E-state index contributed by atoms with van der Waals surface area (Å²) in [5.74, 6) is 0.450. The normalized spacial score (nSPS) is 21.5. The lowest BCUT2D eigenvalue weighted by molar-refractivity contribution is 0.0619. The zero-order valence-electron chi connectivity index (χ0n) is 18.6. The molecular weight excluding hydrogens is 416 g/mol. The molecule has 168 valence electrons. The van der Waals surface area contributed by atoms with Crippen molar-refractivity contribution in [2.45, 2.75) is 18.4 Å². The molecule has 1 unspecified atom stereocenters. The van der Waals surface area contributed by atoms with E-state index in [0.29, 0.717) is 24.2 Å². The van der Waals surface area contributed by atoms with Gasteiger partial charge >= 0.3 is 0 Å². The number of ether oxygens (including phenoxy) is 1. The largest absolute Gasteiger partial charge is 0.497 e. The molecule has 1 spiro atoms. The molecule has 33 heavy (non-hydrogen) atoms. The number of amides is 2. The average molecular weight is 443 g/mol. The van der Waals surface area contributed by atoms with Crippen LogP contribution in [-0.2, 0) is 5.54 Å². The number of imide groups is 1. The Kier molecular flexibility index (Phi) is 4.55. The third-order valence-electron chi connectivity index (χ3n) is 7.17. The van der Waals surface area contributed by atoms with Gasteiger partial charge in [0.05, 0.1) is 35.2 Å². The fourth-order valence-electron chi connectivity index (χ4n) is 5.59. The van der Waals surface area contributed by atoms with Crippen molar-refractivity contribution < 1.29 is 14.3 Å². The first-order valence-corrected chi connectivity index (χ1v) is 11.4. The van der Waals surface area contributed by atoms with Gasteiger partial charge < -0.3 is 14.6 Å². The molecule has 1 atom stereocenters. The van der Waals surface area contributed by atoms with E-state index >= 15 is 0 Å². The van der Waals surface area contributed by atoms with E-state index in [4.69, 9.17) is 4.74 Å². The molecule has 0 aliphatic carbocycles. The van der Waals surface area contributed by atoms with Gasteiger partial charge in [0, 0.05) is 37.6 Å². The van der Waals surface area contributed by atoms with Gasteiger partial charge in [-0.1, -0.05) is 12.1 Å². The minimum Gasteiger partial charge on any atom is -0.497 e. The number of hydrogen-bond acceptors (Lipinski definition) is 5. The standard InChI is InChI=1S/C26H26N4O3/c1-33-18-9-10-22-21(16-18)27-26(23-8-4-13-29(22)23)11-5-12-28(17-26)14-15-30-24(31)19-6-2-3-7-20(19)25(30)32/h2-4,6-10,13,16,27H,5,11-12,14-15,17H2,1H3. The third-order valence-corrected chi connectivity index (χ3v) is 7.17. The van der Waals surface area contributed by atoms with Crippen LogP contribution in [0.25, 0.3) is 5.69 Å². The van der Waals surface area contributed by atoms with Gasteiger partial charge in [-0.15, -0.1) is 0 Å². The van der Waals surface area contributed by atoms with Gasteiger partial charge in [-0.2, -0.15) is 0 Å². The Balaban J connectivity index is 1.23. The number of anilines is 1. The lowest BCUT2D eigenvalue weighted by Crippen LogP contribution is -2.54. The molecule has 3 aromatic rings. The molecular formula is C26H26N4O3. The zero-order valence-corrected chi connectivity index (χ0v) is 18.6. The molecule has 3 aliphatic rings. The van der Waals surface area contributed by atoms with E-state index in [0.717, 1.165) is 43.1 Å². The Hall–Kier alpha value is -3.58. The first kappa shape index (κ1) is 20.1. The van der Waals surface area contributed by atoms with Crippen LogP contribution in [0.5, 0.6) is 5.75 Å². The molecule has 0 bridgehead atoms. The van der Waals surface area contributed by atoms with Crippen molar-refractivity contribution in [2.75, 3.05) is 38.6 Å². The van der Waals surface area contributed by atoms with Crippen LogP contribution in [0.15, 0.2) is 60.8 Å². The number of carbonyl (C=O) groups excluding carboxylic acids is 2. The van der Waals surface area contributed by atoms with Gasteiger partial charge in [0.15, 0.2) is 0 Å². The van der Waals surface area contributed by atoms with Gasteiger partial charge in [0.25, 0.3) is 11.8 Å². The SMILES string of the molecule is COc1ccc2c(c1)NC1(CCCN(CCN3C(=O)c4ccccc4C3=O)C1)c1cccn1-2. The van der Waals surface area contributed by atoms with Crippen molar-refractivity contribution >= 4 is 17.5 Å². The van der Waals surface area contributed by atoms with E-state index in [-0.39, 0.29) is 17.4 Å². The van der Waals surface area contributed by atoms with Gasteiger partial charge in [0.1, 0.15) is 5.75 Å². The number of piperidine rings is 1. The Bertz CT molecular complexity index is 1230. The van der Waals surface area contributed by atoms with Crippen LogP contribution in [0.2, 0.25) is 0 Å². The summed E-state index contributed by atoms with van der Waals surface area (Å²) < 4.78 is 7.72. The van der Waals surface area contributed by atoms with Crippen molar-refractivity contribution in [3.63, 3.8) is 0 Å². The van der Waals surface area contributed by atoms with Crippen molar-refractivity contribution in [1.29, 1.82) is 0 Å². The van der Waals surface area contributed by atoms with E-state index in [2.05, 4.69) is 45.2 Å². The molecule has 0 saturated carbocycles. The average Bonchev–Trinajstić information content (AvgIpc) is 3.43. The summed E-state index contributed by atoms with van der Waals surface area (Å²) in [6.07, 6.45) is 4.15. The number of rotatable bonds is 4. The molecule has 2 aromatic carbocycles. The van der Waals surface area contributed by atoms with Crippen molar-refractivity contribution in [3.8, 4) is 11.4 Å². The van der Waals surface area contributed by atoms with Crippen LogP contribution >= 0.6 is 0 Å². The second kappa shape index (κ2) is 7.49. The molecule has 1 saturated heterocycles. The first-order valence-electron chi connectivity index (χ1n) is 11.4. The number of hydrogen-bond donors (Lipinski definition) is 1. The summed E-state index contributed by atoms with van der Waals surface area (Å²) in [4.78, 5) is 29.3. The molecule has 4 heterocycles. The highest BCUT2D eigenvalue weighted by Crippen LogP contribution is 2.43. The predicted molar refractivity (Wildman–Crippen MR) is 125 cm³/mol. The number of nitrogens with zero attached hydrogens (tertiary/aromatic N) is 3. The van der Waals surface area contributed by atoms with Gasteiger partial charge in [-0.05, 0) is 55.8 Å². The Morgan fingerprint density at radius 1 is 1.00 bits per heavy atom. The zero-order chi connectivity index (χ0) is 22.6. The van der Waals surface area contributed by atoms with Gasteiger partial charge in [0.2, 0.25) is 0 Å². The molecule has 7 nitrogen and oxygen atoms in total. The summed E-state index contributed by atoms with van der Waals surface area (Å²) in [5.41, 5.74) is 4.20. The fourth-order valence-corrected chi connectivity index (χ4v) is 5.59. The molecule has 3 aliphatic heterocycles. The van der Waals surface area contributed by atoms with E-state index in [1.54, 1.807) is 31.4 Å². The highest BCUT2D eigenvalue weighted by molar-refractivity contribution is 6.21. The monoisotopic (exact) mass is 442 g/mol. The Morgan fingerprint density at radius 2 is 1.79 bits per heavy atom. The first-order chi connectivity index (χ1) is 16.1. The Morgan fingerprint density at radius 3 is 2.55 bits per heavy atom. The summed E-state index contributed by atoms with van der Waals surface area (Å²) >= 11 is 0. The van der Waals surface area contributed by atoms with E-state index in [9.17, 15) is 9.59 Å². The van der Waals surface area contributed by atoms with Gasteiger partial charge in [-0.25, -0.2) is 0 Å². The number of nitrogens with one attached hydrogen (secondary N) is 1. The number of likely N-dealkylation sites (tertiary alicyclic amines) is 1. The Labute approximate surface area is 192 Å². The summed E-state index contributed by atoms with van der Waals surface area (Å²) in [6, 6.07) is 17.5. The maximum atomic E-state index is 12.8. The number of methoxy groups -OCH3 is 1. The molecule has 7 heteroatoms. The van der Waals surface area contributed by atoms with E-state index in [1.165, 1.54) is 10.6 Å². The lowest BCUT2D eigenvalue weighted by atomic mass is 9.83. The molecule has 1 N–H and O–H groups in total. The van der Waals surface area contributed by atoms with Crippen LogP contribution in [0.1, 0.15) is 39.3 Å². The second-order valence-corrected chi connectivity index (χ2v) is 9.04. The van der Waals surface area contributed by atoms with Crippen LogP contribution in [-0.4, -0.2) is 59.5 Å². The lowest BCUT2D eigenvalue weighted by Gasteiger charge is -2.47. The summed E-state index contributed by atoms with van der Waals surface area (Å²) in [7, 11) is 1.68. The van der Waals surface area contributed by atoms with Crippen LogP contribution < -0.4 is 10.1 Å². The highest BCUT2D eigenvalue weighted by atomic mass is 16.5. The van der Waals surface area contributed by atoms with E-state index < -0.39 is 0 Å². The molecule has 1 aromatic heterocycles. The van der Waals surface area contributed by atoms with Gasteiger partial charge in [-0.3, -0.25) is 19.4 Å². The fraction of sp³-hybridized carbons (Fsp3) is 0.308. The number of carbonyl (C=O) groups is 2. The van der Waals surface area contributed by atoms with Crippen LogP contribution in [0, 0.1) is 0 Å². The van der Waals surface area contributed by atoms with Crippen LogP contribution in [0.4, 0.5) is 5.69 Å².